The summed E-state index contributed by atoms with van der Waals surface area (Å²) in [5, 5.41) is 11.0. The first-order valence-electron chi connectivity index (χ1n) is 9.21. The minimum absolute atomic E-state index is 0.124. The van der Waals surface area contributed by atoms with Gasteiger partial charge >= 0.3 is 6.03 Å². The smallest absolute Gasteiger partial charge is 0.317 e. The predicted molar refractivity (Wildman–Crippen MR) is 99.5 cm³/mol. The molecule has 4 rings (SSSR count). The first-order chi connectivity index (χ1) is 13.7. The first-order valence-corrected chi connectivity index (χ1v) is 9.21. The zero-order valence-electron chi connectivity index (χ0n) is 15.6. The Labute approximate surface area is 162 Å². The van der Waals surface area contributed by atoms with Crippen LogP contribution in [0, 0.1) is 0 Å². The van der Waals surface area contributed by atoms with Crippen LogP contribution in [0.3, 0.4) is 0 Å². The lowest BCUT2D eigenvalue weighted by molar-refractivity contribution is 0.0835. The number of hydrogen-bond acceptors (Lipinski definition) is 6. The molecule has 0 radical (unpaired) electrons. The van der Waals surface area contributed by atoms with E-state index in [1.807, 2.05) is 36.5 Å². The predicted octanol–water partition coefficient (Wildman–Crippen LogP) is 2.45. The van der Waals surface area contributed by atoms with Crippen LogP contribution in [0.5, 0.6) is 0 Å². The number of amides is 2. The third-order valence-corrected chi connectivity index (χ3v) is 4.51. The highest BCUT2D eigenvalue weighted by molar-refractivity contribution is 5.73. The second-order valence-electron chi connectivity index (χ2n) is 6.69. The van der Waals surface area contributed by atoms with Gasteiger partial charge in [-0.2, -0.15) is 10.1 Å². The lowest BCUT2D eigenvalue weighted by atomic mass is 10.2. The van der Waals surface area contributed by atoms with Crippen LogP contribution in [-0.4, -0.2) is 44.5 Å². The molecule has 146 valence electrons. The molecule has 3 heterocycles. The quantitative estimate of drug-likeness (QED) is 0.703. The van der Waals surface area contributed by atoms with Crippen LogP contribution in [0.25, 0.3) is 5.69 Å². The third-order valence-electron chi connectivity index (χ3n) is 4.51. The third kappa shape index (κ3) is 4.20. The number of benzene rings is 1. The highest BCUT2D eigenvalue weighted by Crippen LogP contribution is 2.26. The molecule has 9 nitrogen and oxygen atoms in total. The Balaban J connectivity index is 1.28. The van der Waals surface area contributed by atoms with Gasteiger partial charge in [-0.1, -0.05) is 23.4 Å². The molecule has 1 N–H and O–H groups in total. The van der Waals surface area contributed by atoms with Gasteiger partial charge in [0.2, 0.25) is 0 Å². The largest absolute Gasteiger partial charge is 0.368 e. The van der Waals surface area contributed by atoms with E-state index >= 15 is 0 Å². The lowest BCUT2D eigenvalue weighted by Gasteiger charge is -2.16. The number of para-hydroxylation sites is 1. The van der Waals surface area contributed by atoms with Gasteiger partial charge in [-0.15, -0.1) is 0 Å². The van der Waals surface area contributed by atoms with Crippen LogP contribution in [0.4, 0.5) is 4.79 Å². The summed E-state index contributed by atoms with van der Waals surface area (Å²) in [6.07, 6.45) is 5.41. The molecular weight excluding hydrogens is 360 g/mol. The Morgan fingerprint density at radius 1 is 1.36 bits per heavy atom. The van der Waals surface area contributed by atoms with Crippen molar-refractivity contribution in [3.63, 3.8) is 0 Å². The summed E-state index contributed by atoms with van der Waals surface area (Å²) in [6, 6.07) is 9.60. The van der Waals surface area contributed by atoms with Crippen LogP contribution < -0.4 is 5.32 Å². The van der Waals surface area contributed by atoms with Crippen molar-refractivity contribution in [2.24, 2.45) is 0 Å². The average Bonchev–Trinajstić information content (AvgIpc) is 3.47. The number of carbonyl (C=O) groups excluding carboxylic acids is 1. The Hall–Kier alpha value is -3.20. The van der Waals surface area contributed by atoms with Crippen molar-refractivity contribution in [1.29, 1.82) is 0 Å². The van der Waals surface area contributed by atoms with Gasteiger partial charge in [-0.05, 0) is 25.0 Å². The van der Waals surface area contributed by atoms with Crippen LogP contribution in [0.15, 0.2) is 47.2 Å². The van der Waals surface area contributed by atoms with Gasteiger partial charge in [-0.3, -0.25) is 0 Å². The minimum Gasteiger partial charge on any atom is -0.368 e. The number of nitrogens with zero attached hydrogens (tertiary/aromatic N) is 5. The maximum absolute atomic E-state index is 12.3. The van der Waals surface area contributed by atoms with Crippen molar-refractivity contribution in [1.82, 2.24) is 30.1 Å². The molecule has 1 atom stereocenters. The van der Waals surface area contributed by atoms with Gasteiger partial charge in [-0.25, -0.2) is 9.48 Å². The second-order valence-corrected chi connectivity index (χ2v) is 6.69. The molecule has 0 aliphatic carbocycles. The Morgan fingerprint density at radius 2 is 2.21 bits per heavy atom. The SMILES string of the molecule is CN(Cc1cnn(-c2ccccc2)c1)C(=O)NCc1noc([C@H]2CCCO2)n1. The fourth-order valence-corrected chi connectivity index (χ4v) is 3.04. The molecule has 0 unspecified atom stereocenters. The first kappa shape index (κ1) is 18.2. The van der Waals surface area contributed by atoms with Crippen molar-refractivity contribution >= 4 is 6.03 Å². The fourth-order valence-electron chi connectivity index (χ4n) is 3.04. The molecule has 2 aromatic heterocycles. The molecule has 1 saturated heterocycles. The molecule has 1 aliphatic rings. The van der Waals surface area contributed by atoms with Crippen molar-refractivity contribution < 1.29 is 14.1 Å². The van der Waals surface area contributed by atoms with Crippen LogP contribution in [0.2, 0.25) is 0 Å². The monoisotopic (exact) mass is 382 g/mol. The number of nitrogens with one attached hydrogen (secondary N) is 1. The van der Waals surface area contributed by atoms with Gasteiger partial charge in [0.1, 0.15) is 6.10 Å². The summed E-state index contributed by atoms with van der Waals surface area (Å²) in [7, 11) is 1.73. The van der Waals surface area contributed by atoms with E-state index in [-0.39, 0.29) is 18.7 Å². The number of hydrogen-bond donors (Lipinski definition) is 1. The van der Waals surface area contributed by atoms with E-state index in [0.717, 1.165) is 24.1 Å². The van der Waals surface area contributed by atoms with Crippen molar-refractivity contribution in [3.8, 4) is 5.69 Å². The molecular formula is C19H22N6O3. The van der Waals surface area contributed by atoms with Crippen molar-refractivity contribution in [2.45, 2.75) is 32.0 Å². The fraction of sp³-hybridized carbons (Fsp3) is 0.368. The summed E-state index contributed by atoms with van der Waals surface area (Å²) < 4.78 is 12.5. The second kappa shape index (κ2) is 8.22. The average molecular weight is 382 g/mol. The molecule has 3 aromatic rings. The van der Waals surface area contributed by atoms with E-state index in [9.17, 15) is 4.79 Å². The minimum atomic E-state index is -0.226. The number of aromatic nitrogens is 4. The Kier molecular flexibility index (Phi) is 5.34. The van der Waals surface area contributed by atoms with Crippen LogP contribution >= 0.6 is 0 Å². The van der Waals surface area contributed by atoms with Gasteiger partial charge < -0.3 is 19.5 Å². The van der Waals surface area contributed by atoms with E-state index in [2.05, 4.69) is 20.6 Å². The molecule has 1 fully saturated rings. The van der Waals surface area contributed by atoms with Crippen LogP contribution in [0.1, 0.15) is 36.2 Å². The number of carbonyl (C=O) groups is 1. The van der Waals surface area contributed by atoms with E-state index in [1.165, 1.54) is 0 Å². The topological polar surface area (TPSA) is 98.3 Å². The summed E-state index contributed by atoms with van der Waals surface area (Å²) >= 11 is 0. The summed E-state index contributed by atoms with van der Waals surface area (Å²) in [5.41, 5.74) is 1.90. The molecule has 2 amide bonds. The normalized spacial score (nSPS) is 16.2. The number of rotatable bonds is 6. The highest BCUT2D eigenvalue weighted by atomic mass is 16.5. The lowest BCUT2D eigenvalue weighted by Crippen LogP contribution is -2.36. The Bertz CT molecular complexity index is 917. The van der Waals surface area contributed by atoms with Crippen LogP contribution in [-0.2, 0) is 17.8 Å². The van der Waals surface area contributed by atoms with Crippen molar-refractivity contribution in [3.05, 3.63) is 60.0 Å². The summed E-state index contributed by atoms with van der Waals surface area (Å²) in [5.74, 6) is 0.910. The zero-order chi connectivity index (χ0) is 19.3. The van der Waals surface area contributed by atoms with E-state index in [1.54, 1.807) is 22.8 Å². The summed E-state index contributed by atoms with van der Waals surface area (Å²) in [6.45, 7) is 1.35. The van der Waals surface area contributed by atoms with Crippen molar-refractivity contribution in [2.75, 3.05) is 13.7 Å². The van der Waals surface area contributed by atoms with E-state index < -0.39 is 0 Å². The van der Waals surface area contributed by atoms with Gasteiger partial charge in [0.25, 0.3) is 5.89 Å². The number of ether oxygens (including phenoxy) is 1. The summed E-state index contributed by atoms with van der Waals surface area (Å²) in [4.78, 5) is 18.2. The van der Waals surface area contributed by atoms with Gasteiger partial charge in [0.05, 0.1) is 25.0 Å². The maximum atomic E-state index is 12.3. The Morgan fingerprint density at radius 3 is 3.00 bits per heavy atom. The van der Waals surface area contributed by atoms with E-state index in [0.29, 0.717) is 24.9 Å². The van der Waals surface area contributed by atoms with Gasteiger partial charge in [0, 0.05) is 25.4 Å². The molecule has 0 bridgehead atoms. The standard InChI is InChI=1S/C19H22N6O3/c1-24(12-14-10-21-25(13-14)15-6-3-2-4-7-15)19(26)20-11-17-22-18(28-23-17)16-8-5-9-27-16/h2-4,6-7,10,13,16H,5,8-9,11-12H2,1H3,(H,20,26)/t16-/m1/s1. The zero-order valence-corrected chi connectivity index (χ0v) is 15.6. The molecule has 0 saturated carbocycles. The van der Waals surface area contributed by atoms with Gasteiger partial charge in [0.15, 0.2) is 5.82 Å². The molecule has 1 aliphatic heterocycles. The highest BCUT2D eigenvalue weighted by Gasteiger charge is 2.24. The molecule has 1 aromatic carbocycles. The maximum Gasteiger partial charge on any atom is 0.317 e. The molecule has 9 heteroatoms. The molecule has 0 spiro atoms. The van der Waals surface area contributed by atoms with E-state index in [4.69, 9.17) is 9.26 Å². The molecule has 28 heavy (non-hydrogen) atoms. The number of urea groups is 1.